The number of nitrogens with one attached hydrogen (secondary N) is 2. The third kappa shape index (κ3) is 22.5. The number of rotatable bonds is 15. The first-order valence-electron chi connectivity index (χ1n) is 31.5. The van der Waals surface area contributed by atoms with Crippen molar-refractivity contribution in [3.05, 3.63) is 12.2 Å². The summed E-state index contributed by atoms with van der Waals surface area (Å²) in [5.41, 5.74) is 0. The molecule has 0 bridgehead atoms. The third-order valence-corrected chi connectivity index (χ3v) is 16.9. The van der Waals surface area contributed by atoms with E-state index in [0.29, 0.717) is 6.42 Å². The van der Waals surface area contributed by atoms with E-state index in [-0.39, 0.29) is 92.6 Å². The monoisotopic (exact) mass is 1210 g/mol. The van der Waals surface area contributed by atoms with Crippen molar-refractivity contribution in [2.45, 2.75) is 224 Å². The van der Waals surface area contributed by atoms with Gasteiger partial charge in [-0.15, -0.1) is 0 Å². The lowest BCUT2D eigenvalue weighted by molar-refractivity contribution is -0.155. The van der Waals surface area contributed by atoms with Crippen LogP contribution in [0.25, 0.3) is 0 Å². The van der Waals surface area contributed by atoms with E-state index in [9.17, 15) is 48.3 Å². The van der Waals surface area contributed by atoms with Gasteiger partial charge in [0, 0.05) is 67.0 Å². The van der Waals surface area contributed by atoms with Crippen molar-refractivity contribution < 1.29 is 57.8 Å². The van der Waals surface area contributed by atoms with Crippen LogP contribution in [-0.2, 0) is 52.7 Å². The Morgan fingerprint density at radius 1 is 0.500 bits per heavy atom. The second-order valence-electron chi connectivity index (χ2n) is 27.2. The average molecular weight is 1210 g/mol. The molecule has 1 saturated heterocycles. The molecule has 0 radical (unpaired) electrons. The van der Waals surface area contributed by atoms with Crippen LogP contribution in [0.3, 0.4) is 0 Å². The summed E-state index contributed by atoms with van der Waals surface area (Å²) in [5, 5.41) is 17.6. The number of hydrogen-bond donors (Lipinski definition) is 3. The molecular weight excluding hydrogens is 1100 g/mol. The van der Waals surface area contributed by atoms with Crippen molar-refractivity contribution >= 4 is 64.6 Å². The van der Waals surface area contributed by atoms with E-state index in [1.54, 1.807) is 66.5 Å². The van der Waals surface area contributed by atoms with Crippen molar-refractivity contribution in [3.8, 4) is 0 Å². The minimum atomic E-state index is -1.58. The molecule has 0 aromatic rings. The van der Waals surface area contributed by atoms with E-state index >= 15 is 9.59 Å². The molecule has 1 unspecified atom stereocenters. The van der Waals surface area contributed by atoms with Gasteiger partial charge in [-0.3, -0.25) is 57.6 Å². The van der Waals surface area contributed by atoms with Crippen LogP contribution in [0.4, 0.5) is 0 Å². The van der Waals surface area contributed by atoms with E-state index < -0.39 is 138 Å². The van der Waals surface area contributed by atoms with Crippen LogP contribution in [0.2, 0.25) is 0 Å². The molecule has 12 atom stereocenters. The number of Topliss-reactive ketones (excluding diaryl/α,β-unsaturated/α-hetero) is 3. The molecule has 1 fully saturated rings. The van der Waals surface area contributed by atoms with E-state index in [1.165, 1.54) is 68.8 Å². The van der Waals surface area contributed by atoms with Crippen LogP contribution in [0.1, 0.15) is 169 Å². The highest BCUT2D eigenvalue weighted by Crippen LogP contribution is 2.28. The predicted molar refractivity (Wildman–Crippen MR) is 336 cm³/mol. The molecule has 21 nitrogen and oxygen atoms in total. The number of nitrogens with zero attached hydrogens (tertiary/aromatic N) is 7. The fourth-order valence-corrected chi connectivity index (χ4v) is 11.4. The maximum Gasteiger partial charge on any atom is 0.246 e. The summed E-state index contributed by atoms with van der Waals surface area (Å²) in [6, 6.07) is -9.06. The van der Waals surface area contributed by atoms with Crippen LogP contribution in [0, 0.1) is 53.3 Å². The van der Waals surface area contributed by atoms with Gasteiger partial charge in [-0.1, -0.05) is 116 Å². The Kier molecular flexibility index (Phi) is 32.9. The summed E-state index contributed by atoms with van der Waals surface area (Å²) in [7, 11) is 10.4. The van der Waals surface area contributed by atoms with E-state index in [2.05, 4.69) is 10.6 Å². The van der Waals surface area contributed by atoms with E-state index in [1.807, 2.05) is 68.4 Å². The van der Waals surface area contributed by atoms with Crippen molar-refractivity contribution in [1.29, 1.82) is 0 Å². The number of carbonyl (C=O) groups is 11. The highest BCUT2D eigenvalue weighted by atomic mass is 16.3. The maximum absolute atomic E-state index is 15.1. The van der Waals surface area contributed by atoms with Gasteiger partial charge in [0.1, 0.15) is 24.2 Å². The molecule has 1 rings (SSSR count). The molecule has 1 aliphatic rings. The Morgan fingerprint density at radius 3 is 1.42 bits per heavy atom. The van der Waals surface area contributed by atoms with Crippen molar-refractivity contribution in [1.82, 2.24) is 44.9 Å². The van der Waals surface area contributed by atoms with Gasteiger partial charge in [0.2, 0.25) is 47.3 Å². The molecule has 3 N–H and O–H groups in total. The molecule has 1 aliphatic heterocycles. The summed E-state index contributed by atoms with van der Waals surface area (Å²) in [6.07, 6.45) is 2.98. The number of hydrogen-bond acceptors (Lipinski definition) is 13. The minimum Gasteiger partial charge on any atom is -0.390 e. The topological polar surface area (TPSA) is 255 Å². The van der Waals surface area contributed by atoms with Crippen LogP contribution >= 0.6 is 0 Å². The Bertz CT molecular complexity index is 2340. The molecule has 8 amide bonds. The fourth-order valence-electron chi connectivity index (χ4n) is 11.4. The second kappa shape index (κ2) is 36.0. The molecule has 1 heterocycles. The number of aliphatic hydroxyl groups is 1. The summed E-state index contributed by atoms with van der Waals surface area (Å²) in [6.45, 7) is 29.9. The van der Waals surface area contributed by atoms with E-state index in [4.69, 9.17) is 0 Å². The normalized spacial score (nSPS) is 27.3. The predicted octanol–water partition coefficient (Wildman–Crippen LogP) is 5.49. The second-order valence-corrected chi connectivity index (χ2v) is 27.2. The summed E-state index contributed by atoms with van der Waals surface area (Å²) < 4.78 is 0. The van der Waals surface area contributed by atoms with Crippen molar-refractivity contribution in [3.63, 3.8) is 0 Å². The lowest BCUT2D eigenvalue weighted by Gasteiger charge is -2.41. The number of likely N-dealkylation sites (N-methyl/N-ethyl adjacent to an activating group) is 7. The molecule has 0 aliphatic carbocycles. The van der Waals surface area contributed by atoms with Gasteiger partial charge in [-0.2, -0.15) is 0 Å². The van der Waals surface area contributed by atoms with Gasteiger partial charge in [-0.05, 0) is 101 Å². The summed E-state index contributed by atoms with van der Waals surface area (Å²) in [4.78, 5) is 169. The summed E-state index contributed by atoms with van der Waals surface area (Å²) in [5.74, 6) is -9.68. The van der Waals surface area contributed by atoms with Gasteiger partial charge in [0.05, 0.1) is 43.4 Å². The SMILES string of the molecule is C/C=C/C[C@@H](C)[C@@H](O)C1C(=O)N[C@@H](CC)C(=O)N(C)CC(=O)N(C)[C@@H](CC(C)C)C(=O)C[C@@H](C(C)C)C(=O)N(C)[C@@H](CC(C)C)C(=O)C[C@@H](C)C(=O)N[C@H](C)C(=O)N(C)[C@@H](CC(C)C)C(=O)CN(C)[C@@H](CC(C)C)C(=O)N(C)[C@@H](C(C)C)C(=O)N1C. The maximum atomic E-state index is 15.1. The van der Waals surface area contributed by atoms with Gasteiger partial charge < -0.3 is 45.1 Å². The highest BCUT2D eigenvalue weighted by molar-refractivity contribution is 5.99. The first-order chi connectivity index (χ1) is 39.7. The van der Waals surface area contributed by atoms with Gasteiger partial charge >= 0.3 is 0 Å². The Hall–Kier alpha value is -5.57. The zero-order valence-electron chi connectivity index (χ0n) is 57.2. The molecule has 21 heteroatoms. The molecule has 0 saturated carbocycles. The first kappa shape index (κ1) is 78.4. The fraction of sp³-hybridized carbons (Fsp3) is 0.800. The van der Waals surface area contributed by atoms with Gasteiger partial charge in [0.25, 0.3) is 0 Å². The lowest BCUT2D eigenvalue weighted by Crippen LogP contribution is -2.63. The molecule has 0 spiro atoms. The summed E-state index contributed by atoms with van der Waals surface area (Å²) >= 11 is 0. The number of amides is 8. The van der Waals surface area contributed by atoms with Crippen LogP contribution < -0.4 is 10.6 Å². The van der Waals surface area contributed by atoms with Crippen molar-refractivity contribution in [2.75, 3.05) is 62.4 Å². The van der Waals surface area contributed by atoms with E-state index in [0.717, 1.165) is 9.80 Å². The Balaban J connectivity index is 4.27. The van der Waals surface area contributed by atoms with Gasteiger partial charge in [0.15, 0.2) is 17.3 Å². The zero-order valence-corrected chi connectivity index (χ0v) is 57.2. The molecule has 492 valence electrons. The van der Waals surface area contributed by atoms with Crippen LogP contribution in [0.5, 0.6) is 0 Å². The van der Waals surface area contributed by atoms with Crippen LogP contribution in [0.15, 0.2) is 12.2 Å². The number of ketones is 3. The third-order valence-electron chi connectivity index (χ3n) is 16.9. The number of allylic oxidation sites excluding steroid dienone is 2. The molecule has 86 heavy (non-hydrogen) atoms. The smallest absolute Gasteiger partial charge is 0.246 e. The first-order valence-corrected chi connectivity index (χ1v) is 31.5. The number of carbonyl (C=O) groups excluding carboxylic acids is 11. The zero-order chi connectivity index (χ0) is 66.7. The standard InChI is InChI=1S/C65H115N9O12/c1-25-27-28-43(15)58(79)57-60(81)67-47(26-2)63(84)69(19)36-55(78)70(20)48(29-37(3)4)53(76)34-46(41(11)12)62(83)72(22)49(30-38(5)6)52(75)33-44(16)59(80)66-45(17)61(82)71(21)50(31-39(7)8)54(77)35-68(18)51(32-40(9)10)64(85)73(23)56(42(13)14)65(86)74(57)24/h25,27,37-51,56-58,79H,26,28-36H2,1-24H3,(H,66,80)(H,67,81)/b27-25+/t43-,44-,45-,46+,47+,48+,49+,50+,51+,56+,57?,58-/m1/s1. The molecule has 0 aromatic carbocycles. The largest absolute Gasteiger partial charge is 0.390 e. The lowest BCUT2D eigenvalue weighted by atomic mass is 9.84. The van der Waals surface area contributed by atoms with Crippen molar-refractivity contribution in [2.24, 2.45) is 53.3 Å². The Labute approximate surface area is 516 Å². The molecule has 0 aromatic heterocycles. The Morgan fingerprint density at radius 2 is 0.953 bits per heavy atom. The molecular formula is C65H115N9O12. The van der Waals surface area contributed by atoms with Gasteiger partial charge in [-0.25, -0.2) is 0 Å². The number of aliphatic hydroxyl groups excluding tert-OH is 1. The highest BCUT2D eigenvalue weighted by Gasteiger charge is 2.45. The minimum absolute atomic E-state index is 0.0438. The quantitative estimate of drug-likeness (QED) is 0.172. The van der Waals surface area contributed by atoms with Crippen LogP contribution in [-0.4, -0.2) is 221 Å². The average Bonchev–Trinajstić information content (AvgIpc) is 2.09.